The van der Waals surface area contributed by atoms with Gasteiger partial charge < -0.3 is 5.41 Å². The van der Waals surface area contributed by atoms with Crippen LogP contribution in [0, 0.1) is 11.3 Å². The molecule has 0 aromatic rings. The first-order valence-electron chi connectivity index (χ1n) is 9.88. The van der Waals surface area contributed by atoms with Crippen LogP contribution >= 0.6 is 0 Å². The van der Waals surface area contributed by atoms with Crippen LogP contribution in [0.1, 0.15) is 85.5 Å². The average Bonchev–Trinajstić information content (AvgIpc) is 2.54. The Morgan fingerprint density at radius 1 is 1.08 bits per heavy atom. The van der Waals surface area contributed by atoms with E-state index in [0.29, 0.717) is 0 Å². The van der Waals surface area contributed by atoms with Crippen LogP contribution in [0.15, 0.2) is 47.1 Å². The molecule has 1 heteroatoms. The van der Waals surface area contributed by atoms with Crippen LogP contribution in [0.2, 0.25) is 0 Å². The molecular formula is C23H37N. The Labute approximate surface area is 150 Å². The molecule has 1 nitrogen and oxygen atoms in total. The van der Waals surface area contributed by atoms with Crippen LogP contribution in [0.5, 0.6) is 0 Å². The average molecular weight is 328 g/mol. The lowest BCUT2D eigenvalue weighted by atomic mass is 9.86. The fourth-order valence-corrected chi connectivity index (χ4v) is 3.44. The van der Waals surface area contributed by atoms with Crippen molar-refractivity contribution in [3.8, 4) is 0 Å². The van der Waals surface area contributed by atoms with Gasteiger partial charge in [0, 0.05) is 12.1 Å². The molecule has 1 aliphatic carbocycles. The van der Waals surface area contributed by atoms with Gasteiger partial charge in [-0.15, -0.1) is 0 Å². The molecule has 0 spiro atoms. The largest absolute Gasteiger partial charge is 0.305 e. The molecule has 0 aromatic carbocycles. The maximum atomic E-state index is 8.41. The van der Waals surface area contributed by atoms with Gasteiger partial charge >= 0.3 is 0 Å². The first-order chi connectivity index (χ1) is 11.5. The SMILES string of the molecule is C=C/C(CC)=C(\CC)C(=N)CC1=CC(CCC(C)CCCCC)=C1. The second kappa shape index (κ2) is 11.2. The molecule has 0 fully saturated rings. The first kappa shape index (κ1) is 20.7. The fourth-order valence-electron chi connectivity index (χ4n) is 3.44. The standard InChI is InChI=1S/C23H37N/c1-6-10-11-12-18(5)13-14-19-15-20(16-19)17-23(24)22(9-4)21(7-2)8-3/h7,15-16,18,24H,2,6,8-14,17H2,1,3-5H3/b22-21-,24-23?. The summed E-state index contributed by atoms with van der Waals surface area (Å²) < 4.78 is 0. The molecule has 24 heavy (non-hydrogen) atoms. The second-order valence-electron chi connectivity index (χ2n) is 7.15. The molecule has 1 aliphatic rings. The van der Waals surface area contributed by atoms with E-state index in [4.69, 9.17) is 5.41 Å². The third-order valence-electron chi connectivity index (χ3n) is 5.08. The Balaban J connectivity index is 2.38. The van der Waals surface area contributed by atoms with Gasteiger partial charge in [-0.25, -0.2) is 0 Å². The van der Waals surface area contributed by atoms with Crippen molar-refractivity contribution >= 4 is 5.71 Å². The molecule has 1 unspecified atom stereocenters. The number of unbranched alkanes of at least 4 members (excludes halogenated alkanes) is 2. The Bertz CT molecular complexity index is 516. The number of hydrogen-bond donors (Lipinski definition) is 1. The van der Waals surface area contributed by atoms with Crippen LogP contribution in [-0.4, -0.2) is 5.71 Å². The summed E-state index contributed by atoms with van der Waals surface area (Å²) in [4.78, 5) is 0. The number of nitrogens with one attached hydrogen (secondary N) is 1. The Hall–Kier alpha value is -1.37. The highest BCUT2D eigenvalue weighted by Crippen LogP contribution is 2.29. The monoisotopic (exact) mass is 327 g/mol. The van der Waals surface area contributed by atoms with E-state index in [-0.39, 0.29) is 0 Å². The fraction of sp³-hybridized carbons (Fsp3) is 0.609. The Morgan fingerprint density at radius 2 is 1.79 bits per heavy atom. The third-order valence-corrected chi connectivity index (χ3v) is 5.08. The van der Waals surface area contributed by atoms with Gasteiger partial charge in [-0.1, -0.05) is 78.2 Å². The molecule has 1 atom stereocenters. The van der Waals surface area contributed by atoms with Gasteiger partial charge in [0.2, 0.25) is 0 Å². The van der Waals surface area contributed by atoms with Crippen LogP contribution in [0.25, 0.3) is 0 Å². The van der Waals surface area contributed by atoms with Crippen molar-refractivity contribution < 1.29 is 0 Å². The van der Waals surface area contributed by atoms with Gasteiger partial charge in [-0.05, 0) is 53.9 Å². The quantitative estimate of drug-likeness (QED) is 0.205. The molecule has 0 bridgehead atoms. The number of rotatable bonds is 13. The summed E-state index contributed by atoms with van der Waals surface area (Å²) in [6.45, 7) is 12.8. The maximum absolute atomic E-state index is 8.41. The smallest absolute Gasteiger partial charge is 0.0392 e. The van der Waals surface area contributed by atoms with Crippen LogP contribution in [-0.2, 0) is 0 Å². The van der Waals surface area contributed by atoms with E-state index in [0.717, 1.165) is 30.9 Å². The summed E-state index contributed by atoms with van der Waals surface area (Å²) in [5.41, 5.74) is 5.97. The van der Waals surface area contributed by atoms with E-state index in [1.807, 2.05) is 6.08 Å². The van der Waals surface area contributed by atoms with Crippen LogP contribution < -0.4 is 0 Å². The highest BCUT2D eigenvalue weighted by atomic mass is 14.4. The lowest BCUT2D eigenvalue weighted by Crippen LogP contribution is -2.08. The summed E-state index contributed by atoms with van der Waals surface area (Å²) in [6.07, 6.45) is 17.1. The molecule has 0 saturated carbocycles. The van der Waals surface area contributed by atoms with E-state index in [9.17, 15) is 0 Å². The molecule has 0 radical (unpaired) electrons. The van der Waals surface area contributed by atoms with Crippen molar-refractivity contribution in [2.24, 2.45) is 5.92 Å². The highest BCUT2D eigenvalue weighted by Gasteiger charge is 2.14. The van der Waals surface area contributed by atoms with Crippen molar-refractivity contribution in [1.29, 1.82) is 5.41 Å². The highest BCUT2D eigenvalue weighted by molar-refractivity contribution is 6.00. The molecule has 0 aromatic heterocycles. The summed E-state index contributed by atoms with van der Waals surface area (Å²) in [7, 11) is 0. The normalized spacial score (nSPS) is 15.8. The minimum absolute atomic E-state index is 0.767. The topological polar surface area (TPSA) is 23.9 Å². The van der Waals surface area contributed by atoms with E-state index < -0.39 is 0 Å². The molecule has 1 rings (SSSR count). The van der Waals surface area contributed by atoms with Crippen LogP contribution in [0.4, 0.5) is 0 Å². The summed E-state index contributed by atoms with van der Waals surface area (Å²) in [5, 5.41) is 8.41. The van der Waals surface area contributed by atoms with E-state index in [2.05, 4.69) is 46.4 Å². The predicted octanol–water partition coefficient (Wildman–Crippen LogP) is 7.56. The molecule has 1 N–H and O–H groups in total. The lowest BCUT2D eigenvalue weighted by Gasteiger charge is -2.19. The summed E-state index contributed by atoms with van der Waals surface area (Å²) in [5.74, 6) is 0.836. The third kappa shape index (κ3) is 6.63. The lowest BCUT2D eigenvalue weighted by molar-refractivity contribution is 0.464. The van der Waals surface area contributed by atoms with Gasteiger partial charge in [0.25, 0.3) is 0 Å². The van der Waals surface area contributed by atoms with Crippen molar-refractivity contribution in [2.75, 3.05) is 0 Å². The van der Waals surface area contributed by atoms with E-state index in [1.165, 1.54) is 60.8 Å². The van der Waals surface area contributed by atoms with E-state index >= 15 is 0 Å². The second-order valence-corrected chi connectivity index (χ2v) is 7.15. The van der Waals surface area contributed by atoms with Crippen LogP contribution in [0.3, 0.4) is 0 Å². The zero-order valence-corrected chi connectivity index (χ0v) is 16.4. The van der Waals surface area contributed by atoms with Gasteiger partial charge in [0.15, 0.2) is 0 Å². The molecular weight excluding hydrogens is 290 g/mol. The van der Waals surface area contributed by atoms with E-state index in [1.54, 1.807) is 0 Å². The molecule has 0 saturated heterocycles. The summed E-state index contributed by atoms with van der Waals surface area (Å²) in [6, 6.07) is 0. The number of hydrogen-bond acceptors (Lipinski definition) is 1. The molecule has 134 valence electrons. The number of allylic oxidation sites excluding steroid dienone is 7. The van der Waals surface area contributed by atoms with Gasteiger partial charge in [0.1, 0.15) is 0 Å². The Kier molecular flexibility index (Phi) is 9.67. The minimum Gasteiger partial charge on any atom is -0.305 e. The zero-order valence-electron chi connectivity index (χ0n) is 16.4. The first-order valence-corrected chi connectivity index (χ1v) is 9.88. The maximum Gasteiger partial charge on any atom is 0.0392 e. The predicted molar refractivity (Wildman–Crippen MR) is 109 cm³/mol. The van der Waals surface area contributed by atoms with Gasteiger partial charge in [0.05, 0.1) is 0 Å². The van der Waals surface area contributed by atoms with Gasteiger partial charge in [-0.3, -0.25) is 0 Å². The molecule has 0 amide bonds. The molecule has 0 aliphatic heterocycles. The zero-order chi connectivity index (χ0) is 17.9. The Morgan fingerprint density at radius 3 is 2.33 bits per heavy atom. The summed E-state index contributed by atoms with van der Waals surface area (Å²) >= 11 is 0. The van der Waals surface area contributed by atoms with Crippen molar-refractivity contribution in [3.63, 3.8) is 0 Å². The van der Waals surface area contributed by atoms with Crippen molar-refractivity contribution in [1.82, 2.24) is 0 Å². The van der Waals surface area contributed by atoms with Gasteiger partial charge in [-0.2, -0.15) is 0 Å². The molecule has 0 heterocycles. The minimum atomic E-state index is 0.767. The van der Waals surface area contributed by atoms with Crippen molar-refractivity contribution in [3.05, 3.63) is 47.1 Å². The van der Waals surface area contributed by atoms with Crippen molar-refractivity contribution in [2.45, 2.75) is 85.5 Å².